The van der Waals surface area contributed by atoms with Crippen LogP contribution in [0.5, 0.6) is 0 Å². The molecule has 0 aliphatic rings. The van der Waals surface area contributed by atoms with E-state index in [2.05, 4.69) is 88.4 Å². The van der Waals surface area contributed by atoms with Gasteiger partial charge in [-0.1, -0.05) is 66.7 Å². The predicted molar refractivity (Wildman–Crippen MR) is 150 cm³/mol. The van der Waals surface area contributed by atoms with Gasteiger partial charge in [0.25, 0.3) is 0 Å². The highest BCUT2D eigenvalue weighted by Crippen LogP contribution is 2.43. The van der Waals surface area contributed by atoms with Crippen LogP contribution >= 0.6 is 11.3 Å². The third-order valence-electron chi connectivity index (χ3n) is 6.92. The van der Waals surface area contributed by atoms with E-state index < -0.39 is 0 Å². The first-order valence-electron chi connectivity index (χ1n) is 11.9. The Morgan fingerprint density at radius 3 is 2.31 bits per heavy atom. The fraction of sp³-hybridized carbons (Fsp3) is 0. The quantitative estimate of drug-likeness (QED) is 0.252. The number of pyridine rings is 1. The number of thiophene rings is 1. The number of para-hydroxylation sites is 1. The molecule has 4 nitrogen and oxygen atoms in total. The summed E-state index contributed by atoms with van der Waals surface area (Å²) in [4.78, 5) is 14.5. The summed E-state index contributed by atoms with van der Waals surface area (Å²) in [5.74, 6) is 0.871. The lowest BCUT2D eigenvalue weighted by Crippen LogP contribution is -1.99. The van der Waals surface area contributed by atoms with Crippen molar-refractivity contribution < 1.29 is 0 Å². The molecule has 0 saturated carbocycles. The first-order chi connectivity index (χ1) is 17.9. The average molecular weight is 479 g/mol. The maximum Gasteiger partial charge on any atom is 0.148 e. The van der Waals surface area contributed by atoms with Crippen LogP contribution in [0.4, 0.5) is 0 Å². The molecular formula is C31H18N4S. The van der Waals surface area contributed by atoms with E-state index in [-0.39, 0.29) is 0 Å². The molecule has 0 bridgehead atoms. The lowest BCUT2D eigenvalue weighted by molar-refractivity contribution is 1.07. The number of hydrogen-bond donors (Lipinski definition) is 0. The number of rotatable bonds is 2. The van der Waals surface area contributed by atoms with E-state index in [1.54, 1.807) is 6.33 Å². The van der Waals surface area contributed by atoms with E-state index in [1.165, 1.54) is 25.6 Å². The Labute approximate surface area is 210 Å². The van der Waals surface area contributed by atoms with Crippen LogP contribution in [0, 0.1) is 0 Å². The van der Waals surface area contributed by atoms with Gasteiger partial charge in [0, 0.05) is 36.5 Å². The van der Waals surface area contributed by atoms with E-state index in [0.717, 1.165) is 44.5 Å². The van der Waals surface area contributed by atoms with Crippen molar-refractivity contribution in [1.82, 2.24) is 19.5 Å². The first-order valence-corrected chi connectivity index (χ1v) is 12.7. The van der Waals surface area contributed by atoms with Crippen molar-refractivity contribution >= 4 is 64.3 Å². The molecule has 8 rings (SSSR count). The molecule has 36 heavy (non-hydrogen) atoms. The van der Waals surface area contributed by atoms with Gasteiger partial charge in [-0.15, -0.1) is 11.3 Å². The third kappa shape index (κ3) is 2.72. The van der Waals surface area contributed by atoms with Crippen molar-refractivity contribution in [3.05, 3.63) is 109 Å². The molecule has 0 fully saturated rings. The molecule has 0 aliphatic heterocycles. The lowest BCUT2D eigenvalue weighted by atomic mass is 10.1. The minimum absolute atomic E-state index is 0.871. The standard InChI is InChI=1S/C31H18N4S/c1-2-8-19(9-3-1)23-15-17-26-29(34-23)28-25(16-14-21-20-10-5-7-13-27(20)36-30(21)28)35(26)31-22-11-4-6-12-24(22)32-18-33-31/h1-18H. The van der Waals surface area contributed by atoms with Gasteiger partial charge >= 0.3 is 0 Å². The second-order valence-corrected chi connectivity index (χ2v) is 9.97. The van der Waals surface area contributed by atoms with E-state index in [9.17, 15) is 0 Å². The van der Waals surface area contributed by atoms with E-state index in [4.69, 9.17) is 9.97 Å². The zero-order chi connectivity index (χ0) is 23.6. The largest absolute Gasteiger partial charge is 0.291 e. The number of hydrogen-bond acceptors (Lipinski definition) is 4. The fourth-order valence-corrected chi connectivity index (χ4v) is 6.55. The van der Waals surface area contributed by atoms with E-state index in [1.807, 2.05) is 35.6 Å². The van der Waals surface area contributed by atoms with Crippen LogP contribution < -0.4 is 0 Å². The zero-order valence-corrected chi connectivity index (χ0v) is 19.9. The van der Waals surface area contributed by atoms with Gasteiger partial charge in [-0.05, 0) is 36.4 Å². The summed E-state index contributed by atoms with van der Waals surface area (Å²) < 4.78 is 4.79. The molecule has 0 unspecified atom stereocenters. The van der Waals surface area contributed by atoms with Crippen molar-refractivity contribution in [2.24, 2.45) is 0 Å². The van der Waals surface area contributed by atoms with Gasteiger partial charge in [-0.3, -0.25) is 4.57 Å². The first kappa shape index (κ1) is 19.7. The summed E-state index contributed by atoms with van der Waals surface area (Å²) in [6.45, 7) is 0. The van der Waals surface area contributed by atoms with Gasteiger partial charge in [0.2, 0.25) is 0 Å². The summed E-state index contributed by atoms with van der Waals surface area (Å²) in [7, 11) is 0. The third-order valence-corrected chi connectivity index (χ3v) is 8.12. The maximum absolute atomic E-state index is 5.26. The van der Waals surface area contributed by atoms with Crippen LogP contribution in [-0.4, -0.2) is 19.5 Å². The Kier molecular flexibility index (Phi) is 4.07. The van der Waals surface area contributed by atoms with Gasteiger partial charge in [0.15, 0.2) is 0 Å². The Balaban J connectivity index is 1.57. The second-order valence-electron chi connectivity index (χ2n) is 8.91. The summed E-state index contributed by atoms with van der Waals surface area (Å²) >= 11 is 1.83. The molecule has 0 N–H and O–H groups in total. The molecule has 0 radical (unpaired) electrons. The van der Waals surface area contributed by atoms with Crippen LogP contribution in [0.2, 0.25) is 0 Å². The monoisotopic (exact) mass is 478 g/mol. The fourth-order valence-electron chi connectivity index (χ4n) is 5.31. The molecule has 4 aromatic carbocycles. The van der Waals surface area contributed by atoms with Gasteiger partial charge in [-0.25, -0.2) is 15.0 Å². The lowest BCUT2D eigenvalue weighted by Gasteiger charge is -2.09. The Morgan fingerprint density at radius 1 is 0.611 bits per heavy atom. The summed E-state index contributed by atoms with van der Waals surface area (Å²) in [5, 5.41) is 4.74. The number of nitrogens with zero attached hydrogens (tertiary/aromatic N) is 4. The maximum atomic E-state index is 5.26. The molecule has 0 aliphatic carbocycles. The number of aromatic nitrogens is 4. The van der Waals surface area contributed by atoms with Crippen molar-refractivity contribution in [1.29, 1.82) is 0 Å². The smallest absolute Gasteiger partial charge is 0.148 e. The van der Waals surface area contributed by atoms with Crippen molar-refractivity contribution in [2.45, 2.75) is 0 Å². The van der Waals surface area contributed by atoms with Crippen LogP contribution in [-0.2, 0) is 0 Å². The summed E-state index contributed by atoms with van der Waals surface area (Å²) in [6, 6.07) is 35.9. The van der Waals surface area contributed by atoms with Gasteiger partial charge in [0.05, 0.1) is 27.8 Å². The highest BCUT2D eigenvalue weighted by Gasteiger charge is 2.20. The summed E-state index contributed by atoms with van der Waals surface area (Å²) in [5.41, 5.74) is 6.13. The normalized spacial score (nSPS) is 11.9. The Hall–Kier alpha value is -4.61. The second kappa shape index (κ2) is 7.44. The molecule has 5 heteroatoms. The molecule has 0 atom stereocenters. The highest BCUT2D eigenvalue weighted by atomic mass is 32.1. The van der Waals surface area contributed by atoms with Gasteiger partial charge in [-0.2, -0.15) is 0 Å². The Morgan fingerprint density at radius 2 is 1.39 bits per heavy atom. The topological polar surface area (TPSA) is 43.6 Å². The predicted octanol–water partition coefficient (Wildman–Crippen LogP) is 8.16. The van der Waals surface area contributed by atoms with Crippen molar-refractivity contribution in [3.8, 4) is 17.1 Å². The van der Waals surface area contributed by atoms with Crippen LogP contribution in [0.1, 0.15) is 0 Å². The van der Waals surface area contributed by atoms with Crippen molar-refractivity contribution in [2.75, 3.05) is 0 Å². The average Bonchev–Trinajstić information content (AvgIpc) is 3.48. The molecule has 168 valence electrons. The molecule has 8 aromatic rings. The van der Waals surface area contributed by atoms with E-state index in [0.29, 0.717) is 0 Å². The van der Waals surface area contributed by atoms with Crippen LogP contribution in [0.15, 0.2) is 109 Å². The molecule has 0 spiro atoms. The van der Waals surface area contributed by atoms with Gasteiger partial charge in [0.1, 0.15) is 12.1 Å². The Bertz CT molecular complexity index is 2100. The molecular weight excluding hydrogens is 460 g/mol. The number of fused-ring (bicyclic) bond motifs is 8. The minimum atomic E-state index is 0.871. The summed E-state index contributed by atoms with van der Waals surface area (Å²) in [6.07, 6.45) is 1.65. The highest BCUT2D eigenvalue weighted by molar-refractivity contribution is 7.26. The molecule has 4 aromatic heterocycles. The van der Waals surface area contributed by atoms with Gasteiger partial charge < -0.3 is 0 Å². The molecule has 0 amide bonds. The zero-order valence-electron chi connectivity index (χ0n) is 19.1. The SMILES string of the molecule is c1ccc(-c2ccc3c(n2)c2c4sc5ccccc5c4ccc2n3-c2ncnc3ccccc23)cc1. The minimum Gasteiger partial charge on any atom is -0.291 e. The van der Waals surface area contributed by atoms with Crippen molar-refractivity contribution in [3.63, 3.8) is 0 Å². The molecule has 0 saturated heterocycles. The van der Waals surface area contributed by atoms with E-state index >= 15 is 0 Å². The van der Waals surface area contributed by atoms with Crippen LogP contribution in [0.3, 0.4) is 0 Å². The molecule has 4 heterocycles. The number of benzene rings is 4. The van der Waals surface area contributed by atoms with Crippen LogP contribution in [0.25, 0.3) is 70.1 Å².